The molecule has 110 valence electrons. The number of hydrogen-bond donors (Lipinski definition) is 1. The number of H-pyrrole nitrogens is 1. The zero-order valence-electron chi connectivity index (χ0n) is 11.1. The van der Waals surface area contributed by atoms with Gasteiger partial charge in [-0.05, 0) is 30.4 Å². The highest BCUT2D eigenvalue weighted by molar-refractivity contribution is 7.71. The first-order valence-electron chi connectivity index (χ1n) is 6.24. The summed E-state index contributed by atoms with van der Waals surface area (Å²) in [5.41, 5.74) is 1.34. The summed E-state index contributed by atoms with van der Waals surface area (Å²) in [6.07, 6.45) is 3.25. The number of nitrogens with zero attached hydrogens (tertiary/aromatic N) is 4. The summed E-state index contributed by atoms with van der Waals surface area (Å²) in [6, 6.07) is 10.8. The van der Waals surface area contributed by atoms with Gasteiger partial charge in [0.2, 0.25) is 10.6 Å². The van der Waals surface area contributed by atoms with Gasteiger partial charge in [-0.3, -0.25) is 4.98 Å². The lowest BCUT2D eigenvalue weighted by Crippen LogP contribution is -1.96. The summed E-state index contributed by atoms with van der Waals surface area (Å²) < 4.78 is 1.84. The first kappa shape index (κ1) is 14.9. The minimum atomic E-state index is 0.357. The molecular formula is C14H9Cl2N5S. The third-order valence-corrected chi connectivity index (χ3v) is 3.94. The van der Waals surface area contributed by atoms with E-state index in [2.05, 4.69) is 20.3 Å². The van der Waals surface area contributed by atoms with Crippen LogP contribution >= 0.6 is 35.4 Å². The number of hydrogen-bond acceptors (Lipinski definition) is 4. The molecule has 2 heterocycles. The van der Waals surface area contributed by atoms with Crippen molar-refractivity contribution in [3.8, 4) is 11.5 Å². The van der Waals surface area contributed by atoms with E-state index in [-0.39, 0.29) is 0 Å². The minimum absolute atomic E-state index is 0.357. The highest BCUT2D eigenvalue weighted by atomic mass is 35.5. The van der Waals surface area contributed by atoms with Crippen LogP contribution in [0.2, 0.25) is 10.0 Å². The molecule has 3 rings (SSSR count). The zero-order valence-corrected chi connectivity index (χ0v) is 13.4. The van der Waals surface area contributed by atoms with Crippen molar-refractivity contribution < 1.29 is 0 Å². The molecule has 0 radical (unpaired) electrons. The molecule has 0 unspecified atom stereocenters. The molecule has 0 saturated carbocycles. The van der Waals surface area contributed by atoms with Crippen molar-refractivity contribution in [3.63, 3.8) is 0 Å². The fourth-order valence-electron chi connectivity index (χ4n) is 1.80. The number of aromatic amines is 1. The second-order valence-corrected chi connectivity index (χ2v) is 5.44. The number of aromatic nitrogens is 4. The van der Waals surface area contributed by atoms with Crippen molar-refractivity contribution in [2.45, 2.75) is 0 Å². The van der Waals surface area contributed by atoms with Crippen LogP contribution in [0.1, 0.15) is 5.56 Å². The molecular weight excluding hydrogens is 341 g/mol. The Hall–Kier alpha value is -2.02. The molecule has 0 aliphatic carbocycles. The van der Waals surface area contributed by atoms with Gasteiger partial charge in [-0.1, -0.05) is 41.4 Å². The number of pyridine rings is 1. The van der Waals surface area contributed by atoms with E-state index in [1.54, 1.807) is 24.5 Å². The van der Waals surface area contributed by atoms with E-state index in [1.165, 1.54) is 4.68 Å². The molecule has 0 fully saturated rings. The van der Waals surface area contributed by atoms with Gasteiger partial charge in [0, 0.05) is 11.8 Å². The molecule has 0 atom stereocenters. The molecule has 0 aliphatic rings. The average molecular weight is 350 g/mol. The quantitative estimate of drug-likeness (QED) is 0.569. The van der Waals surface area contributed by atoms with Crippen LogP contribution in [0.3, 0.4) is 0 Å². The zero-order chi connectivity index (χ0) is 15.5. The summed E-state index contributed by atoms with van der Waals surface area (Å²) in [5, 5.41) is 12.1. The standard InChI is InChI=1S/C14H9Cl2N5S/c15-10-5-3-4-9(12(10)16)8-18-21-13(19-20-14(21)22)11-6-1-2-7-17-11/h1-8H,(H,20,22)/b18-8+. The molecule has 1 aromatic carbocycles. The summed E-state index contributed by atoms with van der Waals surface area (Å²) >= 11 is 17.3. The molecule has 5 nitrogen and oxygen atoms in total. The summed E-state index contributed by atoms with van der Waals surface area (Å²) in [7, 11) is 0. The molecule has 1 N–H and O–H groups in total. The van der Waals surface area contributed by atoms with Gasteiger partial charge in [0.05, 0.1) is 16.3 Å². The predicted octanol–water partition coefficient (Wildman–Crippen LogP) is 4.19. The second-order valence-electron chi connectivity index (χ2n) is 4.27. The summed E-state index contributed by atoms with van der Waals surface area (Å²) in [4.78, 5) is 4.24. The van der Waals surface area contributed by atoms with Crippen molar-refractivity contribution in [2.24, 2.45) is 5.10 Å². The molecule has 0 aliphatic heterocycles. The summed E-state index contributed by atoms with van der Waals surface area (Å²) in [6.45, 7) is 0. The van der Waals surface area contributed by atoms with E-state index < -0.39 is 0 Å². The van der Waals surface area contributed by atoms with Gasteiger partial charge in [-0.25, -0.2) is 5.10 Å². The number of rotatable bonds is 3. The Labute approximate surface area is 141 Å². The molecule has 2 aromatic heterocycles. The highest BCUT2D eigenvalue weighted by Gasteiger charge is 2.09. The van der Waals surface area contributed by atoms with Gasteiger partial charge in [0.15, 0.2) is 0 Å². The van der Waals surface area contributed by atoms with Crippen LogP contribution in [0.5, 0.6) is 0 Å². The highest BCUT2D eigenvalue weighted by Crippen LogP contribution is 2.24. The lowest BCUT2D eigenvalue weighted by molar-refractivity contribution is 0.867. The lowest BCUT2D eigenvalue weighted by Gasteiger charge is -2.01. The molecule has 22 heavy (non-hydrogen) atoms. The van der Waals surface area contributed by atoms with Crippen LogP contribution in [-0.4, -0.2) is 26.1 Å². The molecule has 0 amide bonds. The van der Waals surface area contributed by atoms with Crippen molar-refractivity contribution >= 4 is 41.6 Å². The first-order valence-corrected chi connectivity index (χ1v) is 7.40. The van der Waals surface area contributed by atoms with Gasteiger partial charge in [0.25, 0.3) is 0 Å². The maximum absolute atomic E-state index is 6.14. The smallest absolute Gasteiger partial charge is 0.216 e. The minimum Gasteiger partial charge on any atom is -0.253 e. The Bertz CT molecular complexity index is 886. The van der Waals surface area contributed by atoms with Gasteiger partial charge in [0.1, 0.15) is 5.69 Å². The first-order chi connectivity index (χ1) is 10.7. The fraction of sp³-hybridized carbons (Fsp3) is 0. The molecule has 8 heteroatoms. The van der Waals surface area contributed by atoms with Crippen LogP contribution < -0.4 is 0 Å². The van der Waals surface area contributed by atoms with E-state index in [1.807, 2.05) is 24.3 Å². The van der Waals surface area contributed by atoms with E-state index in [9.17, 15) is 0 Å². The summed E-state index contributed by atoms with van der Waals surface area (Å²) in [5.74, 6) is 0.514. The Morgan fingerprint density at radius 1 is 1.18 bits per heavy atom. The van der Waals surface area contributed by atoms with Gasteiger partial charge >= 0.3 is 0 Å². The van der Waals surface area contributed by atoms with Crippen LogP contribution in [0, 0.1) is 4.77 Å². The second kappa shape index (κ2) is 6.39. The molecule has 0 saturated heterocycles. The fourth-order valence-corrected chi connectivity index (χ4v) is 2.34. The Morgan fingerprint density at radius 2 is 2.05 bits per heavy atom. The third-order valence-electron chi connectivity index (χ3n) is 2.84. The van der Waals surface area contributed by atoms with Crippen molar-refractivity contribution in [3.05, 3.63) is 63.0 Å². The van der Waals surface area contributed by atoms with Gasteiger partial charge in [-0.15, -0.1) is 0 Å². The largest absolute Gasteiger partial charge is 0.253 e. The predicted molar refractivity (Wildman–Crippen MR) is 90.1 cm³/mol. The maximum Gasteiger partial charge on any atom is 0.216 e. The van der Waals surface area contributed by atoms with Gasteiger partial charge < -0.3 is 0 Å². The van der Waals surface area contributed by atoms with E-state index in [0.29, 0.717) is 31.9 Å². The van der Waals surface area contributed by atoms with Crippen LogP contribution in [0.25, 0.3) is 11.5 Å². The Kier molecular flexibility index (Phi) is 4.33. The topological polar surface area (TPSA) is 58.9 Å². The Morgan fingerprint density at radius 3 is 2.82 bits per heavy atom. The van der Waals surface area contributed by atoms with Crippen molar-refractivity contribution in [2.75, 3.05) is 0 Å². The monoisotopic (exact) mass is 349 g/mol. The van der Waals surface area contributed by atoms with E-state index in [4.69, 9.17) is 35.4 Å². The van der Waals surface area contributed by atoms with Crippen LogP contribution in [-0.2, 0) is 0 Å². The van der Waals surface area contributed by atoms with Crippen LogP contribution in [0.4, 0.5) is 0 Å². The van der Waals surface area contributed by atoms with Crippen molar-refractivity contribution in [1.29, 1.82) is 0 Å². The van der Waals surface area contributed by atoms with E-state index in [0.717, 1.165) is 0 Å². The van der Waals surface area contributed by atoms with Crippen LogP contribution in [0.15, 0.2) is 47.7 Å². The Balaban J connectivity index is 2.03. The van der Waals surface area contributed by atoms with E-state index >= 15 is 0 Å². The van der Waals surface area contributed by atoms with Gasteiger partial charge in [-0.2, -0.15) is 14.9 Å². The number of benzene rings is 1. The molecule has 0 spiro atoms. The molecule has 0 bridgehead atoms. The van der Waals surface area contributed by atoms with Crippen molar-refractivity contribution in [1.82, 2.24) is 19.9 Å². The number of nitrogens with one attached hydrogen (secondary N) is 1. The average Bonchev–Trinajstić information content (AvgIpc) is 2.91. The third kappa shape index (κ3) is 2.94. The molecule has 3 aromatic rings. The lowest BCUT2D eigenvalue weighted by atomic mass is 10.2. The number of halogens is 2. The maximum atomic E-state index is 6.14. The normalized spacial score (nSPS) is 11.2. The SMILES string of the molecule is S=c1[nH]nc(-c2ccccn2)n1/N=C/c1cccc(Cl)c1Cl.